The number of carbonyl (C=O) groups excluding carboxylic acids is 1. The van der Waals surface area contributed by atoms with Crippen LogP contribution in [0, 0.1) is 0 Å². The molecule has 4 aromatic rings. The number of H-pyrrole nitrogens is 1. The second kappa shape index (κ2) is 7.71. The van der Waals surface area contributed by atoms with Crippen molar-refractivity contribution in [2.24, 2.45) is 0 Å². The van der Waals surface area contributed by atoms with Gasteiger partial charge in [-0.25, -0.2) is 4.98 Å². The first-order chi connectivity index (χ1) is 15.8. The fourth-order valence-electron chi connectivity index (χ4n) is 4.43. The summed E-state index contributed by atoms with van der Waals surface area (Å²) in [6, 6.07) is 13.5. The van der Waals surface area contributed by atoms with E-state index in [2.05, 4.69) is 15.2 Å². The number of amides is 1. The zero-order valence-corrected chi connectivity index (χ0v) is 17.4. The van der Waals surface area contributed by atoms with Gasteiger partial charge in [-0.05, 0) is 43.2 Å². The number of carbonyl (C=O) groups is 1. The van der Waals surface area contributed by atoms with E-state index in [1.807, 2.05) is 47.4 Å². The number of fused-ring (bicyclic) bond motifs is 2. The molecule has 1 fully saturated rings. The third-order valence-electron chi connectivity index (χ3n) is 6.14. The minimum atomic E-state index is -0.0281. The van der Waals surface area contributed by atoms with Crippen LogP contribution in [0.15, 0.2) is 53.1 Å². The van der Waals surface area contributed by atoms with Crippen LogP contribution in [0.5, 0.6) is 11.5 Å². The molecule has 6 rings (SSSR count). The Kier molecular flexibility index (Phi) is 4.56. The summed E-state index contributed by atoms with van der Waals surface area (Å²) in [5, 5.41) is 7.12. The van der Waals surface area contributed by atoms with Gasteiger partial charge in [0.2, 0.25) is 0 Å². The van der Waals surface area contributed by atoms with E-state index in [9.17, 15) is 4.79 Å². The van der Waals surface area contributed by atoms with Crippen molar-refractivity contribution in [2.45, 2.75) is 18.8 Å². The molecule has 8 heteroatoms. The highest BCUT2D eigenvalue weighted by atomic mass is 16.6. The van der Waals surface area contributed by atoms with E-state index in [1.165, 1.54) is 0 Å². The zero-order valence-electron chi connectivity index (χ0n) is 17.4. The van der Waals surface area contributed by atoms with Gasteiger partial charge in [-0.2, -0.15) is 5.10 Å². The average Bonchev–Trinajstić information content (AvgIpc) is 3.51. The van der Waals surface area contributed by atoms with Crippen LogP contribution in [0.2, 0.25) is 0 Å². The lowest BCUT2D eigenvalue weighted by molar-refractivity contribution is 0.0707. The normalized spacial score (nSPS) is 16.4. The highest BCUT2D eigenvalue weighted by molar-refractivity contribution is 6.00. The third-order valence-corrected chi connectivity index (χ3v) is 6.14. The van der Waals surface area contributed by atoms with E-state index < -0.39 is 0 Å². The number of aromatic amines is 1. The quantitative estimate of drug-likeness (QED) is 0.528. The highest BCUT2D eigenvalue weighted by Crippen LogP contribution is 2.36. The van der Waals surface area contributed by atoms with Crippen molar-refractivity contribution in [3.63, 3.8) is 0 Å². The zero-order chi connectivity index (χ0) is 21.5. The fraction of sp³-hybridized carbons (Fsp3) is 0.292. The molecule has 0 saturated carbocycles. The molecule has 0 aliphatic carbocycles. The lowest BCUT2D eigenvalue weighted by atomic mass is 9.96. The number of rotatable bonds is 3. The van der Waals surface area contributed by atoms with Crippen LogP contribution in [0.4, 0.5) is 0 Å². The van der Waals surface area contributed by atoms with Gasteiger partial charge in [0.15, 0.2) is 23.0 Å². The van der Waals surface area contributed by atoms with Gasteiger partial charge in [-0.1, -0.05) is 12.1 Å². The standard InChI is InChI=1S/C24H22N4O4/c29-24(17-14-25-27-22(17)16-5-6-20-21(13-16)31-12-11-30-20)28-9-7-15(8-10-28)23-26-18-3-1-2-4-19(18)32-23/h1-6,13-15H,7-12H2,(H,25,27). The van der Waals surface area contributed by atoms with Crippen molar-refractivity contribution < 1.29 is 18.7 Å². The first kappa shape index (κ1) is 18.9. The number of oxazole rings is 1. The van der Waals surface area contributed by atoms with E-state index in [1.54, 1.807) is 6.20 Å². The predicted molar refractivity (Wildman–Crippen MR) is 117 cm³/mol. The van der Waals surface area contributed by atoms with Crippen molar-refractivity contribution in [2.75, 3.05) is 26.3 Å². The van der Waals surface area contributed by atoms with Crippen LogP contribution in [0.25, 0.3) is 22.4 Å². The summed E-state index contributed by atoms with van der Waals surface area (Å²) in [4.78, 5) is 19.8. The molecule has 2 aliphatic rings. The van der Waals surface area contributed by atoms with Crippen LogP contribution >= 0.6 is 0 Å². The molecular weight excluding hydrogens is 408 g/mol. The SMILES string of the molecule is O=C(c1cn[nH]c1-c1ccc2c(c1)OCCO2)N1CCC(c2nc3ccccc3o2)CC1. The van der Waals surface area contributed by atoms with Gasteiger partial charge in [-0.3, -0.25) is 9.89 Å². The Balaban J connectivity index is 1.18. The van der Waals surface area contributed by atoms with Gasteiger partial charge in [0.25, 0.3) is 5.91 Å². The number of para-hydroxylation sites is 2. The molecule has 0 bridgehead atoms. The smallest absolute Gasteiger partial charge is 0.257 e. The summed E-state index contributed by atoms with van der Waals surface area (Å²) >= 11 is 0. The number of hydrogen-bond donors (Lipinski definition) is 1. The Morgan fingerprint density at radius 3 is 2.69 bits per heavy atom. The van der Waals surface area contributed by atoms with Crippen LogP contribution in [-0.2, 0) is 0 Å². The van der Waals surface area contributed by atoms with Crippen molar-refractivity contribution in [1.82, 2.24) is 20.1 Å². The summed E-state index contributed by atoms with van der Waals surface area (Å²) < 4.78 is 17.2. The van der Waals surface area contributed by atoms with Gasteiger partial charge in [0.1, 0.15) is 18.7 Å². The monoisotopic (exact) mass is 430 g/mol. The Bertz CT molecular complexity index is 1250. The summed E-state index contributed by atoms with van der Waals surface area (Å²) in [6.45, 7) is 2.35. The highest BCUT2D eigenvalue weighted by Gasteiger charge is 2.29. The van der Waals surface area contributed by atoms with Gasteiger partial charge in [-0.15, -0.1) is 0 Å². The van der Waals surface area contributed by atoms with E-state index in [0.29, 0.717) is 49.1 Å². The van der Waals surface area contributed by atoms with Crippen molar-refractivity contribution >= 4 is 17.0 Å². The van der Waals surface area contributed by atoms with Crippen molar-refractivity contribution in [3.8, 4) is 22.8 Å². The summed E-state index contributed by atoms with van der Waals surface area (Å²) in [6.07, 6.45) is 3.23. The predicted octanol–water partition coefficient (Wildman–Crippen LogP) is 4.01. The molecule has 2 aromatic carbocycles. The molecule has 2 aromatic heterocycles. The minimum Gasteiger partial charge on any atom is -0.486 e. The number of nitrogens with zero attached hydrogens (tertiary/aromatic N) is 3. The van der Waals surface area contributed by atoms with Crippen LogP contribution in [0.3, 0.4) is 0 Å². The number of aromatic nitrogens is 3. The van der Waals surface area contributed by atoms with E-state index in [0.717, 1.165) is 35.4 Å². The van der Waals surface area contributed by atoms with E-state index in [4.69, 9.17) is 13.9 Å². The van der Waals surface area contributed by atoms with Crippen LogP contribution < -0.4 is 9.47 Å². The number of piperidine rings is 1. The Morgan fingerprint density at radius 2 is 1.84 bits per heavy atom. The molecule has 2 aliphatic heterocycles. The Morgan fingerprint density at radius 1 is 1.03 bits per heavy atom. The second-order valence-electron chi connectivity index (χ2n) is 8.10. The van der Waals surface area contributed by atoms with Crippen LogP contribution in [0.1, 0.15) is 35.0 Å². The van der Waals surface area contributed by atoms with Crippen molar-refractivity contribution in [3.05, 3.63) is 60.1 Å². The summed E-state index contributed by atoms with van der Waals surface area (Å²) in [7, 11) is 0. The van der Waals surface area contributed by atoms with Gasteiger partial charge in [0.05, 0.1) is 17.5 Å². The Hall–Kier alpha value is -3.81. The minimum absolute atomic E-state index is 0.0281. The molecule has 0 atom stereocenters. The molecule has 4 heterocycles. The number of ether oxygens (including phenoxy) is 2. The van der Waals surface area contributed by atoms with E-state index in [-0.39, 0.29) is 11.8 Å². The maximum Gasteiger partial charge on any atom is 0.257 e. The number of nitrogens with one attached hydrogen (secondary N) is 1. The average molecular weight is 430 g/mol. The first-order valence-corrected chi connectivity index (χ1v) is 10.8. The molecule has 0 radical (unpaired) electrons. The molecule has 0 unspecified atom stereocenters. The molecule has 0 spiro atoms. The van der Waals surface area contributed by atoms with Crippen molar-refractivity contribution in [1.29, 1.82) is 0 Å². The van der Waals surface area contributed by atoms with Gasteiger partial charge in [0, 0.05) is 24.6 Å². The largest absolute Gasteiger partial charge is 0.486 e. The fourth-order valence-corrected chi connectivity index (χ4v) is 4.43. The lowest BCUT2D eigenvalue weighted by Crippen LogP contribution is -2.38. The first-order valence-electron chi connectivity index (χ1n) is 10.8. The topological polar surface area (TPSA) is 93.5 Å². The summed E-state index contributed by atoms with van der Waals surface area (Å²) in [5.74, 6) is 2.35. The molecule has 162 valence electrons. The van der Waals surface area contributed by atoms with E-state index >= 15 is 0 Å². The second-order valence-corrected chi connectivity index (χ2v) is 8.10. The molecule has 1 saturated heterocycles. The number of hydrogen-bond acceptors (Lipinski definition) is 6. The third kappa shape index (κ3) is 3.28. The van der Waals surface area contributed by atoms with Crippen LogP contribution in [-0.4, -0.2) is 52.3 Å². The number of benzene rings is 2. The summed E-state index contributed by atoms with van der Waals surface area (Å²) in [5.41, 5.74) is 3.78. The molecular formula is C24H22N4O4. The van der Waals surface area contributed by atoms with Gasteiger partial charge >= 0.3 is 0 Å². The Labute approximate surface area is 184 Å². The lowest BCUT2D eigenvalue weighted by Gasteiger charge is -2.30. The molecule has 32 heavy (non-hydrogen) atoms. The molecule has 1 N–H and O–H groups in total. The number of likely N-dealkylation sites (tertiary alicyclic amines) is 1. The molecule has 8 nitrogen and oxygen atoms in total. The maximum absolute atomic E-state index is 13.3. The molecule has 1 amide bonds. The maximum atomic E-state index is 13.3. The van der Waals surface area contributed by atoms with Gasteiger partial charge < -0.3 is 18.8 Å².